The fourth-order valence-electron chi connectivity index (χ4n) is 3.81. The molecule has 1 atom stereocenters. The van der Waals surface area contributed by atoms with Crippen molar-refractivity contribution in [3.05, 3.63) is 108 Å². The Balaban J connectivity index is 2.09. The van der Waals surface area contributed by atoms with Gasteiger partial charge in [0.15, 0.2) is 0 Å². The average Bonchev–Trinajstić information content (AvgIpc) is 3.13. The van der Waals surface area contributed by atoms with Crippen LogP contribution in [-0.2, 0) is 15.1 Å². The number of primary amides is 1. The summed E-state index contributed by atoms with van der Waals surface area (Å²) in [5.41, 5.74) is 7.22. The smallest absolute Gasteiger partial charge is 0.230 e. The van der Waals surface area contributed by atoms with Crippen molar-refractivity contribution in [3.63, 3.8) is 0 Å². The number of hydrogen-bond donors (Lipinski definition) is 1. The molecule has 138 valence electrons. The van der Waals surface area contributed by atoms with Crippen LogP contribution in [0.25, 0.3) is 0 Å². The van der Waals surface area contributed by atoms with Crippen molar-refractivity contribution < 1.29 is 9.59 Å². The van der Waals surface area contributed by atoms with E-state index in [2.05, 4.69) is 11.3 Å². The Bertz CT molecular complexity index is 921. The summed E-state index contributed by atoms with van der Waals surface area (Å²) in [6.07, 6.45) is 2.78. The number of hydrogen-bond acceptors (Lipinski definition) is 3. The van der Waals surface area contributed by atoms with Gasteiger partial charge < -0.3 is 20.4 Å². The van der Waals surface area contributed by atoms with Gasteiger partial charge in [0.05, 0.1) is 0 Å². The van der Waals surface area contributed by atoms with E-state index in [1.54, 1.807) is 4.90 Å². The topological polar surface area (TPSA) is 75.8 Å². The highest BCUT2D eigenvalue weighted by molar-refractivity contribution is 6.11. The first-order valence-corrected chi connectivity index (χ1v) is 8.91. The third-order valence-electron chi connectivity index (χ3n) is 4.97. The standard InChI is InChI=1S/C23H18N3O2/c24-21(27)20-22(28)25-16-26(20)23(17-10-4-1-5-11-17,18-12-6-2-7-13-18)19-14-8-3-9-15-19/h1-15,20H,(H2,24,27)/q-1. The van der Waals surface area contributed by atoms with Crippen LogP contribution in [0.5, 0.6) is 0 Å². The Labute approximate surface area is 163 Å². The molecule has 3 aromatic carbocycles. The molecular weight excluding hydrogens is 350 g/mol. The summed E-state index contributed by atoms with van der Waals surface area (Å²) in [6, 6.07) is 27.8. The highest BCUT2D eigenvalue weighted by Gasteiger charge is 2.45. The summed E-state index contributed by atoms with van der Waals surface area (Å²) >= 11 is 0. The lowest BCUT2D eigenvalue weighted by atomic mass is 9.75. The van der Waals surface area contributed by atoms with Crippen LogP contribution in [0.1, 0.15) is 16.7 Å². The number of aliphatic imine (C=N–C) groups is 1. The maximum absolute atomic E-state index is 12.4. The van der Waals surface area contributed by atoms with Crippen molar-refractivity contribution in [2.45, 2.75) is 11.6 Å². The zero-order chi connectivity index (χ0) is 19.6. The molecule has 3 aromatic rings. The van der Waals surface area contributed by atoms with Crippen LogP contribution >= 0.6 is 0 Å². The highest BCUT2D eigenvalue weighted by Crippen LogP contribution is 2.43. The Morgan fingerprint density at radius 3 is 1.57 bits per heavy atom. The van der Waals surface area contributed by atoms with Gasteiger partial charge in [-0.2, -0.15) is 0 Å². The van der Waals surface area contributed by atoms with E-state index >= 15 is 0 Å². The summed E-state index contributed by atoms with van der Waals surface area (Å²) in [4.78, 5) is 30.0. The molecule has 2 N–H and O–H groups in total. The quantitative estimate of drug-likeness (QED) is 0.427. The lowest BCUT2D eigenvalue weighted by Crippen LogP contribution is -2.56. The normalized spacial score (nSPS) is 16.4. The molecule has 0 aliphatic carbocycles. The predicted octanol–water partition coefficient (Wildman–Crippen LogP) is 2.58. The van der Waals surface area contributed by atoms with Crippen LogP contribution in [0.3, 0.4) is 0 Å². The van der Waals surface area contributed by atoms with Crippen LogP contribution in [0.2, 0.25) is 0 Å². The molecular formula is C23H18N3O2-. The summed E-state index contributed by atoms with van der Waals surface area (Å²) in [5, 5.41) is 0. The third-order valence-corrected chi connectivity index (χ3v) is 4.97. The van der Waals surface area contributed by atoms with Crippen molar-refractivity contribution in [3.8, 4) is 0 Å². The number of amides is 2. The van der Waals surface area contributed by atoms with E-state index < -0.39 is 23.4 Å². The lowest BCUT2D eigenvalue weighted by Gasteiger charge is -2.49. The van der Waals surface area contributed by atoms with Crippen molar-refractivity contribution in [2.24, 2.45) is 10.7 Å². The molecule has 0 bridgehead atoms. The summed E-state index contributed by atoms with van der Waals surface area (Å²) in [6.45, 7) is 0. The van der Waals surface area contributed by atoms with Crippen molar-refractivity contribution >= 4 is 18.2 Å². The second-order valence-corrected chi connectivity index (χ2v) is 6.53. The zero-order valence-electron chi connectivity index (χ0n) is 15.0. The number of rotatable bonds is 5. The van der Waals surface area contributed by atoms with Gasteiger partial charge in [-0.25, -0.2) is 0 Å². The molecule has 28 heavy (non-hydrogen) atoms. The first kappa shape index (κ1) is 17.7. The minimum Gasteiger partial charge on any atom is -0.426 e. The molecule has 1 aliphatic rings. The Kier molecular flexibility index (Phi) is 4.49. The number of nitrogens with two attached hydrogens (primary N) is 1. The van der Waals surface area contributed by atoms with Crippen LogP contribution in [-0.4, -0.2) is 29.1 Å². The maximum atomic E-state index is 12.4. The van der Waals surface area contributed by atoms with E-state index in [-0.39, 0.29) is 0 Å². The lowest BCUT2D eigenvalue weighted by molar-refractivity contribution is -0.131. The molecule has 4 rings (SSSR count). The van der Waals surface area contributed by atoms with E-state index in [4.69, 9.17) is 5.73 Å². The molecule has 0 fully saturated rings. The Hall–Kier alpha value is -3.73. The molecule has 1 heterocycles. The van der Waals surface area contributed by atoms with Crippen molar-refractivity contribution in [1.82, 2.24) is 4.90 Å². The third kappa shape index (κ3) is 2.68. The molecule has 1 unspecified atom stereocenters. The van der Waals surface area contributed by atoms with E-state index in [0.717, 1.165) is 16.7 Å². The molecule has 0 saturated carbocycles. The minimum atomic E-state index is -1.24. The summed E-state index contributed by atoms with van der Waals surface area (Å²) < 4.78 is 0. The SMILES string of the molecule is NC(=O)C1C(=O)N=[C-]N1C(c1ccccc1)(c1ccccc1)c1ccccc1. The van der Waals surface area contributed by atoms with Gasteiger partial charge in [0.1, 0.15) is 17.5 Å². The molecule has 0 saturated heterocycles. The zero-order valence-corrected chi connectivity index (χ0v) is 15.0. The van der Waals surface area contributed by atoms with Gasteiger partial charge in [0.25, 0.3) is 0 Å². The molecule has 5 heteroatoms. The molecule has 0 spiro atoms. The Morgan fingerprint density at radius 2 is 1.21 bits per heavy atom. The average molecular weight is 368 g/mol. The fourth-order valence-corrected chi connectivity index (χ4v) is 3.81. The van der Waals surface area contributed by atoms with E-state index in [1.807, 2.05) is 91.0 Å². The first-order chi connectivity index (χ1) is 13.7. The van der Waals surface area contributed by atoms with Gasteiger partial charge in [-0.3, -0.25) is 4.79 Å². The monoisotopic (exact) mass is 368 g/mol. The summed E-state index contributed by atoms with van der Waals surface area (Å²) in [5.74, 6) is -1.37. The van der Waals surface area contributed by atoms with Gasteiger partial charge >= 0.3 is 0 Å². The van der Waals surface area contributed by atoms with Gasteiger partial charge in [-0.05, 0) is 16.7 Å². The second-order valence-electron chi connectivity index (χ2n) is 6.53. The van der Waals surface area contributed by atoms with Crippen LogP contribution in [0, 0.1) is 0 Å². The Morgan fingerprint density at radius 1 is 0.821 bits per heavy atom. The van der Waals surface area contributed by atoms with Crippen LogP contribution in [0.15, 0.2) is 96.0 Å². The van der Waals surface area contributed by atoms with Crippen molar-refractivity contribution in [1.29, 1.82) is 0 Å². The van der Waals surface area contributed by atoms with Crippen molar-refractivity contribution in [2.75, 3.05) is 0 Å². The molecule has 0 aromatic heterocycles. The largest absolute Gasteiger partial charge is 0.426 e. The van der Waals surface area contributed by atoms with Crippen LogP contribution in [0.4, 0.5) is 0 Å². The number of nitrogens with zero attached hydrogens (tertiary/aromatic N) is 2. The molecule has 5 nitrogen and oxygen atoms in total. The van der Waals surface area contributed by atoms with E-state index in [9.17, 15) is 9.59 Å². The van der Waals surface area contributed by atoms with Gasteiger partial charge in [-0.1, -0.05) is 97.3 Å². The van der Waals surface area contributed by atoms with Gasteiger partial charge in [0, 0.05) is 0 Å². The fraction of sp³-hybridized carbons (Fsp3) is 0.0870. The minimum absolute atomic E-state index is 0.611. The maximum Gasteiger partial charge on any atom is 0.230 e. The van der Waals surface area contributed by atoms with Gasteiger partial charge in [-0.15, -0.1) is 0 Å². The van der Waals surface area contributed by atoms with E-state index in [0.29, 0.717) is 0 Å². The van der Waals surface area contributed by atoms with Gasteiger partial charge in [0.2, 0.25) is 5.91 Å². The highest BCUT2D eigenvalue weighted by atomic mass is 16.2. The summed E-state index contributed by atoms with van der Waals surface area (Å²) in [7, 11) is 0. The molecule has 1 aliphatic heterocycles. The number of benzene rings is 3. The molecule has 2 amide bonds. The van der Waals surface area contributed by atoms with Crippen LogP contribution < -0.4 is 5.73 Å². The number of carbonyl (C=O) groups is 2. The predicted molar refractivity (Wildman–Crippen MR) is 106 cm³/mol. The van der Waals surface area contributed by atoms with E-state index in [1.165, 1.54) is 0 Å². The first-order valence-electron chi connectivity index (χ1n) is 8.91. The molecule has 0 radical (unpaired) electrons. The number of carbonyl (C=O) groups excluding carboxylic acids is 2. The second kappa shape index (κ2) is 7.12.